The van der Waals surface area contributed by atoms with Gasteiger partial charge < -0.3 is 15.8 Å². The Morgan fingerprint density at radius 3 is 3.11 bits per heavy atom. The van der Waals surface area contributed by atoms with E-state index in [1.807, 2.05) is 14.0 Å². The molecule has 7 nitrogen and oxygen atoms in total. The number of rotatable bonds is 4. The minimum absolute atomic E-state index is 0.0956. The largest absolute Gasteiger partial charge is 0.376 e. The van der Waals surface area contributed by atoms with Crippen LogP contribution in [0.4, 0.5) is 5.82 Å². The van der Waals surface area contributed by atoms with E-state index in [9.17, 15) is 0 Å². The molecule has 3 atom stereocenters. The van der Waals surface area contributed by atoms with Crippen molar-refractivity contribution in [1.29, 1.82) is 0 Å². The minimum Gasteiger partial charge on any atom is -0.376 e. The molecular weight excluding hydrogens is 244 g/mol. The first-order valence-electron chi connectivity index (χ1n) is 6.47. The van der Waals surface area contributed by atoms with Crippen LogP contribution in [-0.4, -0.2) is 44.5 Å². The SMILES string of the molecule is CCOC1CC(N)C1Nc1ncnc2c1cnn2C. The van der Waals surface area contributed by atoms with Crippen LogP contribution in [0, 0.1) is 0 Å². The second-order valence-electron chi connectivity index (χ2n) is 4.79. The van der Waals surface area contributed by atoms with E-state index in [2.05, 4.69) is 20.4 Å². The summed E-state index contributed by atoms with van der Waals surface area (Å²) in [6.07, 6.45) is 4.33. The van der Waals surface area contributed by atoms with Crippen LogP contribution in [0.3, 0.4) is 0 Å². The number of nitrogens with zero attached hydrogens (tertiary/aromatic N) is 4. The molecule has 19 heavy (non-hydrogen) atoms. The Hall–Kier alpha value is -1.73. The Morgan fingerprint density at radius 2 is 2.37 bits per heavy atom. The Balaban J connectivity index is 1.85. The highest BCUT2D eigenvalue weighted by Crippen LogP contribution is 2.28. The number of nitrogens with two attached hydrogens (primary N) is 1. The van der Waals surface area contributed by atoms with Crippen LogP contribution in [0.2, 0.25) is 0 Å². The van der Waals surface area contributed by atoms with Crippen molar-refractivity contribution < 1.29 is 4.74 Å². The molecule has 7 heteroatoms. The number of nitrogens with one attached hydrogen (secondary N) is 1. The maximum atomic E-state index is 6.03. The smallest absolute Gasteiger partial charge is 0.163 e. The molecule has 3 rings (SSSR count). The summed E-state index contributed by atoms with van der Waals surface area (Å²) >= 11 is 0. The molecule has 3 N–H and O–H groups in total. The van der Waals surface area contributed by atoms with Crippen LogP contribution in [0.5, 0.6) is 0 Å². The van der Waals surface area contributed by atoms with Gasteiger partial charge in [0, 0.05) is 19.7 Å². The third kappa shape index (κ3) is 2.04. The zero-order chi connectivity index (χ0) is 13.4. The molecule has 0 saturated heterocycles. The van der Waals surface area contributed by atoms with Gasteiger partial charge in [0.1, 0.15) is 12.1 Å². The van der Waals surface area contributed by atoms with Gasteiger partial charge in [0.25, 0.3) is 0 Å². The highest BCUT2D eigenvalue weighted by atomic mass is 16.5. The van der Waals surface area contributed by atoms with E-state index >= 15 is 0 Å². The molecule has 0 bridgehead atoms. The lowest BCUT2D eigenvalue weighted by Crippen LogP contribution is -2.60. The number of aryl methyl sites for hydroxylation is 1. The molecule has 0 radical (unpaired) electrons. The minimum atomic E-state index is 0.0956. The van der Waals surface area contributed by atoms with Gasteiger partial charge in [0.2, 0.25) is 0 Å². The molecule has 0 amide bonds. The Labute approximate surface area is 111 Å². The summed E-state index contributed by atoms with van der Waals surface area (Å²) < 4.78 is 7.37. The van der Waals surface area contributed by atoms with Gasteiger partial charge in [-0.3, -0.25) is 4.68 Å². The van der Waals surface area contributed by atoms with Crippen molar-refractivity contribution in [2.45, 2.75) is 31.5 Å². The average Bonchev–Trinajstić information content (AvgIpc) is 2.79. The monoisotopic (exact) mass is 262 g/mol. The summed E-state index contributed by atoms with van der Waals surface area (Å²) in [5.74, 6) is 0.767. The van der Waals surface area contributed by atoms with Gasteiger partial charge in [0.15, 0.2) is 5.65 Å². The number of fused-ring (bicyclic) bond motifs is 1. The summed E-state index contributed by atoms with van der Waals surface area (Å²) in [7, 11) is 1.86. The van der Waals surface area contributed by atoms with E-state index in [1.165, 1.54) is 6.33 Å². The average molecular weight is 262 g/mol. The van der Waals surface area contributed by atoms with Gasteiger partial charge in [-0.2, -0.15) is 5.10 Å². The number of anilines is 1. The lowest BCUT2D eigenvalue weighted by Gasteiger charge is -2.42. The molecule has 2 heterocycles. The first-order chi connectivity index (χ1) is 9.20. The van der Waals surface area contributed by atoms with Crippen LogP contribution < -0.4 is 11.1 Å². The molecule has 1 aliphatic carbocycles. The predicted octanol–water partition coefficient (Wildman–Crippen LogP) is 0.280. The molecule has 1 fully saturated rings. The zero-order valence-electron chi connectivity index (χ0n) is 11.1. The highest BCUT2D eigenvalue weighted by Gasteiger charge is 2.39. The van der Waals surface area contributed by atoms with Crippen LogP contribution in [-0.2, 0) is 11.8 Å². The first kappa shape index (κ1) is 12.3. The first-order valence-corrected chi connectivity index (χ1v) is 6.47. The molecule has 0 aromatic carbocycles. The molecular formula is C12H18N6O. The molecule has 102 valence electrons. The zero-order valence-corrected chi connectivity index (χ0v) is 11.1. The van der Waals surface area contributed by atoms with E-state index in [4.69, 9.17) is 10.5 Å². The lowest BCUT2D eigenvalue weighted by atomic mass is 9.83. The fourth-order valence-electron chi connectivity index (χ4n) is 2.46. The summed E-state index contributed by atoms with van der Waals surface area (Å²) in [4.78, 5) is 8.50. The topological polar surface area (TPSA) is 90.9 Å². The van der Waals surface area contributed by atoms with E-state index < -0.39 is 0 Å². The quantitative estimate of drug-likeness (QED) is 0.822. The summed E-state index contributed by atoms with van der Waals surface area (Å²) in [6, 6.07) is 0.191. The van der Waals surface area contributed by atoms with E-state index in [0.29, 0.717) is 6.61 Å². The molecule has 2 aromatic rings. The molecule has 0 spiro atoms. The number of ether oxygens (including phenoxy) is 1. The van der Waals surface area contributed by atoms with Gasteiger partial charge in [-0.15, -0.1) is 0 Å². The molecule has 0 aliphatic heterocycles. The maximum absolute atomic E-state index is 6.03. The second-order valence-corrected chi connectivity index (χ2v) is 4.79. The Bertz CT molecular complexity index is 581. The molecule has 3 unspecified atom stereocenters. The molecule has 1 saturated carbocycles. The van der Waals surface area contributed by atoms with Crippen molar-refractivity contribution in [1.82, 2.24) is 19.7 Å². The fourth-order valence-corrected chi connectivity index (χ4v) is 2.46. The standard InChI is InChI=1S/C12H18N6O/c1-3-19-9-4-8(13)10(9)17-11-7-5-16-18(2)12(7)15-6-14-11/h5-6,8-10H,3-4,13H2,1-2H3,(H,14,15,17). The van der Waals surface area contributed by atoms with E-state index in [0.717, 1.165) is 23.3 Å². The third-order valence-electron chi connectivity index (χ3n) is 3.58. The van der Waals surface area contributed by atoms with Crippen LogP contribution in [0.15, 0.2) is 12.5 Å². The predicted molar refractivity (Wildman–Crippen MR) is 71.7 cm³/mol. The van der Waals surface area contributed by atoms with Gasteiger partial charge >= 0.3 is 0 Å². The maximum Gasteiger partial charge on any atom is 0.163 e. The summed E-state index contributed by atoms with van der Waals surface area (Å²) in [6.45, 7) is 2.69. The normalized spacial score (nSPS) is 26.4. The second kappa shape index (κ2) is 4.75. The van der Waals surface area contributed by atoms with Crippen molar-refractivity contribution >= 4 is 16.9 Å². The van der Waals surface area contributed by atoms with Crippen molar-refractivity contribution in [3.05, 3.63) is 12.5 Å². The van der Waals surface area contributed by atoms with Crippen LogP contribution >= 0.6 is 0 Å². The van der Waals surface area contributed by atoms with Gasteiger partial charge in [-0.05, 0) is 13.3 Å². The summed E-state index contributed by atoms with van der Waals surface area (Å²) in [5.41, 5.74) is 6.84. The number of hydrogen-bond acceptors (Lipinski definition) is 6. The third-order valence-corrected chi connectivity index (χ3v) is 3.58. The van der Waals surface area contributed by atoms with Crippen molar-refractivity contribution in [3.63, 3.8) is 0 Å². The van der Waals surface area contributed by atoms with Crippen molar-refractivity contribution in [3.8, 4) is 0 Å². The molecule has 1 aliphatic rings. The van der Waals surface area contributed by atoms with Crippen molar-refractivity contribution in [2.75, 3.05) is 11.9 Å². The summed E-state index contributed by atoms with van der Waals surface area (Å²) in [5, 5.41) is 8.46. The molecule has 2 aromatic heterocycles. The van der Waals surface area contributed by atoms with E-state index in [-0.39, 0.29) is 18.2 Å². The van der Waals surface area contributed by atoms with Gasteiger partial charge in [-0.25, -0.2) is 9.97 Å². The van der Waals surface area contributed by atoms with Crippen LogP contribution in [0.25, 0.3) is 11.0 Å². The van der Waals surface area contributed by atoms with Gasteiger partial charge in [-0.1, -0.05) is 0 Å². The van der Waals surface area contributed by atoms with Crippen molar-refractivity contribution in [2.24, 2.45) is 12.8 Å². The van der Waals surface area contributed by atoms with Gasteiger partial charge in [0.05, 0.1) is 23.7 Å². The lowest BCUT2D eigenvalue weighted by molar-refractivity contribution is -0.0126. The highest BCUT2D eigenvalue weighted by molar-refractivity contribution is 5.86. The van der Waals surface area contributed by atoms with E-state index in [1.54, 1.807) is 10.9 Å². The number of aromatic nitrogens is 4. The Kier molecular flexibility index (Phi) is 3.08. The number of hydrogen-bond donors (Lipinski definition) is 2. The Morgan fingerprint density at radius 1 is 1.53 bits per heavy atom. The van der Waals surface area contributed by atoms with Crippen LogP contribution in [0.1, 0.15) is 13.3 Å². The fraction of sp³-hybridized carbons (Fsp3) is 0.583.